The Kier molecular flexibility index (Phi) is 2.58. The molecule has 0 unspecified atom stereocenters. The molecule has 0 spiro atoms. The van der Waals surface area contributed by atoms with E-state index in [1.165, 1.54) is 16.7 Å². The average molecular weight is 254 g/mol. The molecule has 1 nitrogen and oxygen atoms in total. The maximum Gasteiger partial charge on any atom is 0.212 e. The molecule has 1 aromatic carbocycles. The molecule has 0 fully saturated rings. The van der Waals surface area contributed by atoms with Gasteiger partial charge in [0.25, 0.3) is 0 Å². The van der Waals surface area contributed by atoms with Crippen molar-refractivity contribution in [1.82, 2.24) is 0 Å². The third-order valence-electron chi connectivity index (χ3n) is 3.95. The van der Waals surface area contributed by atoms with Crippen LogP contribution in [0.15, 0.2) is 30.5 Å². The van der Waals surface area contributed by atoms with Crippen LogP contribution in [0.1, 0.15) is 37.8 Å². The summed E-state index contributed by atoms with van der Waals surface area (Å²) in [5.74, 6) is 0. The molecule has 0 aliphatic heterocycles. The molecule has 0 atom stereocenters. The topological polar surface area (TPSA) is 3.88 Å². The number of aryl methyl sites for hydroxylation is 5. The van der Waals surface area contributed by atoms with Gasteiger partial charge in [-0.25, -0.2) is 4.57 Å². The number of fused-ring (bicyclic) bond motifs is 1. The van der Waals surface area contributed by atoms with Crippen molar-refractivity contribution in [2.75, 3.05) is 0 Å². The van der Waals surface area contributed by atoms with Crippen LogP contribution in [-0.2, 0) is 19.8 Å². The number of aromatic nitrogens is 1. The highest BCUT2D eigenvalue weighted by molar-refractivity contribution is 5.62. The van der Waals surface area contributed by atoms with E-state index in [0.717, 1.165) is 29.7 Å². The molecule has 19 heavy (non-hydrogen) atoms. The second kappa shape index (κ2) is 4.80. The summed E-state index contributed by atoms with van der Waals surface area (Å²) >= 11 is 0. The predicted octanol–water partition coefficient (Wildman–Crippen LogP) is 3.67. The van der Waals surface area contributed by atoms with E-state index < -0.39 is 6.37 Å². The van der Waals surface area contributed by atoms with Gasteiger partial charge in [0, 0.05) is 19.9 Å². The van der Waals surface area contributed by atoms with Gasteiger partial charge in [0.1, 0.15) is 7.05 Å². The molecule has 3 rings (SSSR count). The van der Waals surface area contributed by atoms with Crippen LogP contribution in [0.2, 0.25) is 0 Å². The number of benzene rings is 1. The van der Waals surface area contributed by atoms with E-state index in [4.69, 9.17) is 2.74 Å². The minimum Gasteiger partial charge on any atom is -0.201 e. The van der Waals surface area contributed by atoms with Gasteiger partial charge in [-0.2, -0.15) is 0 Å². The Bertz CT molecular complexity index is 705. The predicted molar refractivity (Wildman–Crippen MR) is 79.2 cm³/mol. The molecule has 1 heteroatoms. The Morgan fingerprint density at radius 2 is 1.95 bits per heavy atom. The largest absolute Gasteiger partial charge is 0.212 e. The standard InChI is InChI=1S/C18H22N/c1-13-8-9-17(14(2)10-13)18-11-15-6-4-5-7-16(15)12-19(18)3/h8-12H,4-7H2,1-3H3/q+1/i6D2. The average Bonchev–Trinajstić information content (AvgIpc) is 2.38. The lowest BCUT2D eigenvalue weighted by Crippen LogP contribution is -2.32. The van der Waals surface area contributed by atoms with E-state index in [0.29, 0.717) is 6.42 Å². The third-order valence-corrected chi connectivity index (χ3v) is 3.95. The summed E-state index contributed by atoms with van der Waals surface area (Å²) in [7, 11) is 2.05. The van der Waals surface area contributed by atoms with Crippen LogP contribution in [0.3, 0.4) is 0 Å². The lowest BCUT2D eigenvalue weighted by atomic mass is 9.91. The fraction of sp³-hybridized carbons (Fsp3) is 0.389. The first-order chi connectivity index (χ1) is 9.88. The van der Waals surface area contributed by atoms with Gasteiger partial charge in [-0.15, -0.1) is 0 Å². The van der Waals surface area contributed by atoms with Crippen LogP contribution in [-0.4, -0.2) is 0 Å². The maximum atomic E-state index is 8.28. The van der Waals surface area contributed by atoms with Gasteiger partial charge in [-0.1, -0.05) is 17.7 Å². The summed E-state index contributed by atoms with van der Waals surface area (Å²) in [4.78, 5) is 0. The second-order valence-corrected chi connectivity index (χ2v) is 5.56. The number of rotatable bonds is 1. The summed E-state index contributed by atoms with van der Waals surface area (Å²) in [5, 5.41) is 0. The van der Waals surface area contributed by atoms with Crippen molar-refractivity contribution in [2.45, 2.75) is 39.5 Å². The van der Waals surface area contributed by atoms with Crippen LogP contribution in [0.5, 0.6) is 0 Å². The SMILES string of the molecule is [2H]C1([2H])CCCc2c[n+](C)c(-c3ccc(C)cc3C)cc21. The van der Waals surface area contributed by atoms with Crippen molar-refractivity contribution in [3.63, 3.8) is 0 Å². The van der Waals surface area contributed by atoms with E-state index >= 15 is 0 Å². The van der Waals surface area contributed by atoms with E-state index in [1.54, 1.807) is 0 Å². The smallest absolute Gasteiger partial charge is 0.201 e. The van der Waals surface area contributed by atoms with Gasteiger partial charge in [-0.3, -0.25) is 0 Å². The zero-order chi connectivity index (χ0) is 15.2. The fourth-order valence-electron chi connectivity index (χ4n) is 2.94. The number of hydrogen-bond donors (Lipinski definition) is 0. The van der Waals surface area contributed by atoms with Crippen LogP contribution < -0.4 is 4.57 Å². The number of nitrogens with zero attached hydrogens (tertiary/aromatic N) is 1. The summed E-state index contributed by atoms with van der Waals surface area (Å²) < 4.78 is 18.7. The summed E-state index contributed by atoms with van der Waals surface area (Å²) in [6, 6.07) is 8.51. The first-order valence-corrected chi connectivity index (χ1v) is 6.99. The lowest BCUT2D eigenvalue weighted by molar-refractivity contribution is -0.660. The Morgan fingerprint density at radius 1 is 1.11 bits per heavy atom. The quantitative estimate of drug-likeness (QED) is 0.684. The molecule has 0 amide bonds. The minimum absolute atomic E-state index is 0.625. The zero-order valence-electron chi connectivity index (χ0n) is 14.0. The Morgan fingerprint density at radius 3 is 2.74 bits per heavy atom. The van der Waals surface area contributed by atoms with E-state index in [-0.39, 0.29) is 0 Å². The highest BCUT2D eigenvalue weighted by Crippen LogP contribution is 2.26. The molecule has 0 N–H and O–H groups in total. The molecule has 0 radical (unpaired) electrons. The first kappa shape index (κ1) is 10.2. The highest BCUT2D eigenvalue weighted by atomic mass is 14.9. The molecule has 1 aliphatic rings. The van der Waals surface area contributed by atoms with Gasteiger partial charge < -0.3 is 0 Å². The molecule has 0 saturated heterocycles. The molecule has 0 saturated carbocycles. The molecular formula is C18H22N+. The molecule has 1 aromatic heterocycles. The van der Waals surface area contributed by atoms with Crippen LogP contribution in [0.4, 0.5) is 0 Å². The fourth-order valence-corrected chi connectivity index (χ4v) is 2.94. The second-order valence-electron chi connectivity index (χ2n) is 5.56. The van der Waals surface area contributed by atoms with Gasteiger partial charge in [0.2, 0.25) is 5.69 Å². The summed E-state index contributed by atoms with van der Waals surface area (Å²) in [6.45, 7) is 4.22. The molecule has 0 bridgehead atoms. The maximum absolute atomic E-state index is 8.28. The van der Waals surface area contributed by atoms with Crippen molar-refractivity contribution >= 4 is 0 Å². The van der Waals surface area contributed by atoms with Crippen LogP contribution in [0.25, 0.3) is 11.3 Å². The van der Waals surface area contributed by atoms with Crippen molar-refractivity contribution in [1.29, 1.82) is 0 Å². The monoisotopic (exact) mass is 254 g/mol. The Hall–Kier alpha value is -1.63. The Balaban J connectivity index is 2.20. The molecule has 1 heterocycles. The minimum atomic E-state index is -1.20. The summed E-state index contributed by atoms with van der Waals surface area (Å²) in [6.07, 6.45) is 3.45. The first-order valence-electron chi connectivity index (χ1n) is 7.99. The van der Waals surface area contributed by atoms with Gasteiger partial charge in [0.05, 0.1) is 0 Å². The number of hydrogen-bond acceptors (Lipinski definition) is 0. The molecule has 98 valence electrons. The number of pyridine rings is 1. The van der Waals surface area contributed by atoms with Crippen molar-refractivity contribution in [2.24, 2.45) is 7.05 Å². The zero-order valence-corrected chi connectivity index (χ0v) is 12.0. The van der Waals surface area contributed by atoms with E-state index in [9.17, 15) is 0 Å². The lowest BCUT2D eigenvalue weighted by Gasteiger charge is -2.15. The van der Waals surface area contributed by atoms with Crippen LogP contribution in [0, 0.1) is 13.8 Å². The summed E-state index contributed by atoms with van der Waals surface area (Å²) in [5.41, 5.74) is 6.81. The van der Waals surface area contributed by atoms with Crippen LogP contribution >= 0.6 is 0 Å². The Labute approximate surface area is 118 Å². The van der Waals surface area contributed by atoms with Crippen molar-refractivity contribution in [3.8, 4) is 11.3 Å². The highest BCUT2D eigenvalue weighted by Gasteiger charge is 2.19. The molecule has 1 aliphatic carbocycles. The third kappa shape index (κ3) is 2.30. The van der Waals surface area contributed by atoms with Gasteiger partial charge >= 0.3 is 0 Å². The van der Waals surface area contributed by atoms with E-state index in [2.05, 4.69) is 55.9 Å². The van der Waals surface area contributed by atoms with Gasteiger partial charge in [0.15, 0.2) is 6.20 Å². The van der Waals surface area contributed by atoms with Crippen molar-refractivity contribution in [3.05, 3.63) is 52.7 Å². The van der Waals surface area contributed by atoms with Crippen molar-refractivity contribution < 1.29 is 7.31 Å². The van der Waals surface area contributed by atoms with E-state index in [1.807, 2.05) is 0 Å². The van der Waals surface area contributed by atoms with Gasteiger partial charge in [-0.05, 0) is 56.7 Å². The normalized spacial score (nSPS) is 18.5. The molecule has 2 aromatic rings. The molecular weight excluding hydrogens is 230 g/mol.